The first-order chi connectivity index (χ1) is 6.16. The van der Waals surface area contributed by atoms with E-state index in [9.17, 15) is 0 Å². The van der Waals surface area contributed by atoms with Crippen LogP contribution in [0.3, 0.4) is 0 Å². The summed E-state index contributed by atoms with van der Waals surface area (Å²) in [4.78, 5) is 0. The Kier molecular flexibility index (Phi) is 12.5. The minimum Gasteiger partial charge on any atom is -0.428 e. The van der Waals surface area contributed by atoms with Gasteiger partial charge < -0.3 is 22.1 Å². The SMILES string of the molecule is CCO[SiH3].CO[Si](OC)(OC)OC. The van der Waals surface area contributed by atoms with Crippen LogP contribution in [0, 0.1) is 0 Å². The molecule has 0 rings (SSSR count). The third-order valence-electron chi connectivity index (χ3n) is 1.29. The summed E-state index contributed by atoms with van der Waals surface area (Å²) in [6.45, 7) is 2.87. The van der Waals surface area contributed by atoms with Crippen LogP contribution in [0.4, 0.5) is 0 Å². The summed E-state index contributed by atoms with van der Waals surface area (Å²) < 4.78 is 24.1. The minimum atomic E-state index is -2.69. The van der Waals surface area contributed by atoms with Crippen molar-refractivity contribution in [2.45, 2.75) is 6.92 Å². The molecule has 13 heavy (non-hydrogen) atoms. The molecule has 0 N–H and O–H groups in total. The number of rotatable bonds is 5. The molecule has 0 fully saturated rings. The Bertz CT molecular complexity index is 79.5. The van der Waals surface area contributed by atoms with Gasteiger partial charge in [-0.2, -0.15) is 0 Å². The Labute approximate surface area is 84.3 Å². The molecule has 0 heterocycles. The highest BCUT2D eigenvalue weighted by Crippen LogP contribution is 2.04. The summed E-state index contributed by atoms with van der Waals surface area (Å²) in [6, 6.07) is 0. The maximum absolute atomic E-state index is 4.86. The average Bonchev–Trinajstić information content (AvgIpc) is 2.23. The van der Waals surface area contributed by atoms with E-state index in [2.05, 4.69) is 4.43 Å². The zero-order valence-electron chi connectivity index (χ0n) is 9.25. The van der Waals surface area contributed by atoms with E-state index in [0.717, 1.165) is 17.1 Å². The van der Waals surface area contributed by atoms with Crippen LogP contribution >= 0.6 is 0 Å². The predicted octanol–water partition coefficient (Wildman–Crippen LogP) is -0.689. The molecule has 0 unspecified atom stereocenters. The Hall–Kier alpha value is 0.234. The molecule has 0 spiro atoms. The van der Waals surface area contributed by atoms with Gasteiger partial charge in [-0.3, -0.25) is 0 Å². The Morgan fingerprint density at radius 2 is 1.15 bits per heavy atom. The van der Waals surface area contributed by atoms with Crippen molar-refractivity contribution in [3.8, 4) is 0 Å². The summed E-state index contributed by atoms with van der Waals surface area (Å²) in [5.41, 5.74) is 0. The highest BCUT2D eigenvalue weighted by Gasteiger charge is 2.40. The molecule has 82 valence electrons. The second-order valence-electron chi connectivity index (χ2n) is 1.89. The molecule has 0 aliphatic rings. The molecule has 0 amide bonds. The van der Waals surface area contributed by atoms with Gasteiger partial charge in [0.05, 0.1) is 0 Å². The van der Waals surface area contributed by atoms with Gasteiger partial charge in [0, 0.05) is 35.0 Å². The second kappa shape index (κ2) is 10.3. The van der Waals surface area contributed by atoms with Gasteiger partial charge >= 0.3 is 9.05 Å². The lowest BCUT2D eigenvalue weighted by Gasteiger charge is -2.19. The van der Waals surface area contributed by atoms with Crippen molar-refractivity contribution >= 4 is 19.5 Å². The number of hydrogen-bond donors (Lipinski definition) is 0. The van der Waals surface area contributed by atoms with E-state index in [1.54, 1.807) is 0 Å². The van der Waals surface area contributed by atoms with Crippen molar-refractivity contribution < 1.29 is 22.1 Å². The van der Waals surface area contributed by atoms with Crippen LogP contribution in [0.1, 0.15) is 6.92 Å². The average molecular weight is 228 g/mol. The first-order valence-electron chi connectivity index (χ1n) is 3.85. The maximum Gasteiger partial charge on any atom is 0.678 e. The summed E-state index contributed by atoms with van der Waals surface area (Å²) >= 11 is 0. The molecule has 0 aromatic heterocycles. The van der Waals surface area contributed by atoms with E-state index >= 15 is 0 Å². The van der Waals surface area contributed by atoms with Crippen LogP contribution in [0.5, 0.6) is 0 Å². The van der Waals surface area contributed by atoms with Gasteiger partial charge in [0.15, 0.2) is 0 Å². The fraction of sp³-hybridized carbons (Fsp3) is 1.00. The predicted molar refractivity (Wildman–Crippen MR) is 55.4 cm³/mol. The van der Waals surface area contributed by atoms with Crippen LogP contribution in [-0.4, -0.2) is 54.6 Å². The highest BCUT2D eigenvalue weighted by molar-refractivity contribution is 6.53. The van der Waals surface area contributed by atoms with Crippen LogP contribution in [-0.2, 0) is 22.1 Å². The van der Waals surface area contributed by atoms with Gasteiger partial charge in [0.25, 0.3) is 0 Å². The Balaban J connectivity index is 0. The lowest BCUT2D eigenvalue weighted by Crippen LogP contribution is -2.45. The molecule has 0 aliphatic heterocycles. The zero-order valence-corrected chi connectivity index (χ0v) is 12.2. The minimum absolute atomic E-state index is 0.881. The Morgan fingerprint density at radius 1 is 0.923 bits per heavy atom. The summed E-state index contributed by atoms with van der Waals surface area (Å²) in [5, 5.41) is 0. The normalized spacial score (nSPS) is 10.8. The fourth-order valence-electron chi connectivity index (χ4n) is 0.500. The van der Waals surface area contributed by atoms with Gasteiger partial charge in [-0.1, -0.05) is 0 Å². The molecule has 0 saturated carbocycles. The molecule has 0 bridgehead atoms. The third kappa shape index (κ3) is 7.32. The highest BCUT2D eigenvalue weighted by atomic mass is 28.4. The molecule has 0 aromatic rings. The first kappa shape index (κ1) is 15.7. The van der Waals surface area contributed by atoms with E-state index in [1.807, 2.05) is 6.92 Å². The van der Waals surface area contributed by atoms with Crippen molar-refractivity contribution in [2.75, 3.05) is 35.0 Å². The van der Waals surface area contributed by atoms with Crippen LogP contribution in [0.25, 0.3) is 0 Å². The van der Waals surface area contributed by atoms with Crippen LogP contribution in [0.15, 0.2) is 0 Å². The van der Waals surface area contributed by atoms with Gasteiger partial charge in [-0.25, -0.2) is 0 Å². The quantitative estimate of drug-likeness (QED) is 0.583. The third-order valence-corrected chi connectivity index (χ3v) is 3.87. The lowest BCUT2D eigenvalue weighted by molar-refractivity contribution is 0.0226. The Morgan fingerprint density at radius 3 is 1.15 bits per heavy atom. The standard InChI is InChI=1S/C4H12O4Si.C2H8OSi/c1-5-9(6-2,7-3)8-4;1-2-3-4/h1-4H3;2H2,1,4H3. The van der Waals surface area contributed by atoms with Gasteiger partial charge in [0.1, 0.15) is 10.5 Å². The van der Waals surface area contributed by atoms with E-state index in [-0.39, 0.29) is 0 Å². The molecular weight excluding hydrogens is 208 g/mol. The molecule has 0 saturated heterocycles. The molecule has 0 aliphatic carbocycles. The fourth-order valence-corrected chi connectivity index (χ4v) is 1.50. The van der Waals surface area contributed by atoms with Crippen LogP contribution in [0.2, 0.25) is 0 Å². The van der Waals surface area contributed by atoms with Crippen molar-refractivity contribution in [1.82, 2.24) is 0 Å². The molecular formula is C6H20O5Si2. The van der Waals surface area contributed by atoms with E-state index in [1.165, 1.54) is 28.4 Å². The first-order valence-corrected chi connectivity index (χ1v) is 6.30. The van der Waals surface area contributed by atoms with Gasteiger partial charge in [-0.15, -0.1) is 0 Å². The molecule has 7 heteroatoms. The smallest absolute Gasteiger partial charge is 0.428 e. The van der Waals surface area contributed by atoms with Crippen molar-refractivity contribution in [3.05, 3.63) is 0 Å². The van der Waals surface area contributed by atoms with Crippen LogP contribution < -0.4 is 0 Å². The molecule has 0 atom stereocenters. The zero-order chi connectivity index (χ0) is 10.7. The maximum atomic E-state index is 4.86. The number of hydrogen-bond acceptors (Lipinski definition) is 5. The van der Waals surface area contributed by atoms with Crippen molar-refractivity contribution in [3.63, 3.8) is 0 Å². The summed E-state index contributed by atoms with van der Waals surface area (Å²) in [7, 11) is 4.15. The van der Waals surface area contributed by atoms with E-state index < -0.39 is 9.05 Å². The van der Waals surface area contributed by atoms with E-state index in [0.29, 0.717) is 0 Å². The van der Waals surface area contributed by atoms with Gasteiger partial charge in [-0.05, 0) is 6.92 Å². The molecule has 0 radical (unpaired) electrons. The lowest BCUT2D eigenvalue weighted by atomic mass is 10.9. The summed E-state index contributed by atoms with van der Waals surface area (Å²) in [5.74, 6) is 0. The van der Waals surface area contributed by atoms with Gasteiger partial charge in [0.2, 0.25) is 0 Å². The largest absolute Gasteiger partial charge is 0.678 e. The second-order valence-corrected chi connectivity index (χ2v) is 5.10. The summed E-state index contributed by atoms with van der Waals surface area (Å²) in [6.07, 6.45) is 0. The van der Waals surface area contributed by atoms with Crippen molar-refractivity contribution in [1.29, 1.82) is 0 Å². The monoisotopic (exact) mass is 228 g/mol. The molecule has 5 nitrogen and oxygen atoms in total. The molecule has 0 aromatic carbocycles. The van der Waals surface area contributed by atoms with E-state index in [4.69, 9.17) is 17.7 Å². The van der Waals surface area contributed by atoms with Crippen molar-refractivity contribution in [2.24, 2.45) is 0 Å². The topological polar surface area (TPSA) is 46.2 Å².